The molecule has 1 rings (SSSR count). The van der Waals surface area contributed by atoms with E-state index in [9.17, 15) is 14.4 Å². The van der Waals surface area contributed by atoms with Crippen LogP contribution in [0.3, 0.4) is 0 Å². The van der Waals surface area contributed by atoms with Crippen LogP contribution < -0.4 is 5.32 Å². The van der Waals surface area contributed by atoms with Gasteiger partial charge in [-0.2, -0.15) is 0 Å². The first-order chi connectivity index (χ1) is 9.26. The van der Waals surface area contributed by atoms with E-state index in [1.54, 1.807) is 25.8 Å². The molecule has 0 spiro atoms. The fourth-order valence-electron chi connectivity index (χ4n) is 2.05. The Bertz CT molecular complexity index is 397. The zero-order valence-electron chi connectivity index (χ0n) is 12.0. The highest BCUT2D eigenvalue weighted by molar-refractivity contribution is 5.91. The van der Waals surface area contributed by atoms with Crippen molar-refractivity contribution in [2.24, 2.45) is 0 Å². The minimum Gasteiger partial charge on any atom is -0.480 e. The lowest BCUT2D eigenvalue weighted by atomic mass is 9.98. The van der Waals surface area contributed by atoms with Gasteiger partial charge in [0, 0.05) is 26.7 Å². The topological polar surface area (TPSA) is 99.2 Å². The average Bonchev–Trinajstić information content (AvgIpc) is 2.35. The van der Waals surface area contributed by atoms with Crippen LogP contribution in [0.15, 0.2) is 0 Å². The van der Waals surface area contributed by atoms with Crippen LogP contribution >= 0.6 is 0 Å². The van der Waals surface area contributed by atoms with Gasteiger partial charge in [-0.15, -0.1) is 0 Å². The number of carbonyl (C=O) groups excluding carboxylic acids is 2. The first kappa shape index (κ1) is 16.2. The number of carbonyl (C=O) groups is 3. The van der Waals surface area contributed by atoms with Crippen molar-refractivity contribution in [2.45, 2.75) is 19.4 Å². The summed E-state index contributed by atoms with van der Waals surface area (Å²) in [6.07, 6.45) is 0. The molecule has 0 radical (unpaired) electrons. The number of ether oxygens (including phenoxy) is 1. The van der Waals surface area contributed by atoms with E-state index in [-0.39, 0.29) is 25.1 Å². The van der Waals surface area contributed by atoms with E-state index in [1.807, 2.05) is 0 Å². The molecule has 114 valence electrons. The molecular formula is C12H21N3O5. The molecule has 0 aliphatic carbocycles. The van der Waals surface area contributed by atoms with Gasteiger partial charge in [0.25, 0.3) is 0 Å². The van der Waals surface area contributed by atoms with E-state index in [0.717, 1.165) is 0 Å². The Morgan fingerprint density at radius 2 is 2.05 bits per heavy atom. The Balaban J connectivity index is 2.43. The lowest BCUT2D eigenvalue weighted by Crippen LogP contribution is -2.65. The van der Waals surface area contributed by atoms with Crippen LogP contribution in [0.2, 0.25) is 0 Å². The van der Waals surface area contributed by atoms with E-state index in [0.29, 0.717) is 13.1 Å². The van der Waals surface area contributed by atoms with Gasteiger partial charge in [-0.05, 0) is 13.8 Å². The first-order valence-corrected chi connectivity index (χ1v) is 6.37. The number of nitrogens with zero attached hydrogens (tertiary/aromatic N) is 2. The fourth-order valence-corrected chi connectivity index (χ4v) is 2.05. The van der Waals surface area contributed by atoms with E-state index >= 15 is 0 Å². The minimum atomic E-state index is -1.05. The average molecular weight is 287 g/mol. The summed E-state index contributed by atoms with van der Waals surface area (Å²) in [5, 5.41) is 11.0. The van der Waals surface area contributed by atoms with Crippen LogP contribution in [0.25, 0.3) is 0 Å². The van der Waals surface area contributed by atoms with Gasteiger partial charge in [0.05, 0.1) is 6.61 Å². The normalized spacial score (nSPS) is 18.1. The molecule has 1 aliphatic rings. The number of urea groups is 1. The van der Waals surface area contributed by atoms with E-state index in [4.69, 9.17) is 9.84 Å². The summed E-state index contributed by atoms with van der Waals surface area (Å²) >= 11 is 0. The van der Waals surface area contributed by atoms with Crippen LogP contribution in [0.4, 0.5) is 4.79 Å². The Morgan fingerprint density at radius 3 is 2.65 bits per heavy atom. The van der Waals surface area contributed by atoms with Gasteiger partial charge in [-0.25, -0.2) is 9.59 Å². The SMILES string of the molecule is CN1CCN(C(=O)NCCOCC(=O)O)C(C)(C)C1=O. The smallest absolute Gasteiger partial charge is 0.329 e. The number of hydrogen-bond acceptors (Lipinski definition) is 4. The molecular weight excluding hydrogens is 266 g/mol. The van der Waals surface area contributed by atoms with Crippen molar-refractivity contribution in [1.29, 1.82) is 0 Å². The maximum atomic E-state index is 12.0. The van der Waals surface area contributed by atoms with Crippen LogP contribution in [0.5, 0.6) is 0 Å². The number of amides is 3. The number of hydrogen-bond donors (Lipinski definition) is 2. The summed E-state index contributed by atoms with van der Waals surface area (Å²) in [5.74, 6) is -1.16. The van der Waals surface area contributed by atoms with Crippen molar-refractivity contribution in [1.82, 2.24) is 15.1 Å². The number of rotatable bonds is 5. The molecule has 0 aromatic heterocycles. The molecule has 1 fully saturated rings. The molecule has 0 atom stereocenters. The third-order valence-electron chi connectivity index (χ3n) is 3.20. The molecule has 8 heteroatoms. The Morgan fingerprint density at radius 1 is 1.40 bits per heavy atom. The van der Waals surface area contributed by atoms with Gasteiger partial charge in [0.1, 0.15) is 12.1 Å². The van der Waals surface area contributed by atoms with Crippen molar-refractivity contribution in [3.63, 3.8) is 0 Å². The van der Waals surface area contributed by atoms with E-state index in [1.165, 1.54) is 4.90 Å². The zero-order valence-corrected chi connectivity index (χ0v) is 12.0. The summed E-state index contributed by atoms with van der Waals surface area (Å²) < 4.78 is 4.82. The number of likely N-dealkylation sites (N-methyl/N-ethyl adjacent to an activating group) is 1. The molecule has 0 aromatic carbocycles. The van der Waals surface area contributed by atoms with Crippen LogP contribution in [0, 0.1) is 0 Å². The van der Waals surface area contributed by atoms with Gasteiger partial charge in [-0.1, -0.05) is 0 Å². The van der Waals surface area contributed by atoms with Gasteiger partial charge < -0.3 is 25.0 Å². The summed E-state index contributed by atoms with van der Waals surface area (Å²) in [5.41, 5.74) is -0.890. The summed E-state index contributed by atoms with van der Waals surface area (Å²) in [7, 11) is 1.71. The van der Waals surface area contributed by atoms with Crippen molar-refractivity contribution in [2.75, 3.05) is 39.9 Å². The lowest BCUT2D eigenvalue weighted by Gasteiger charge is -2.44. The second-order valence-corrected chi connectivity index (χ2v) is 5.12. The van der Waals surface area contributed by atoms with Crippen molar-refractivity contribution in [3.05, 3.63) is 0 Å². The summed E-state index contributed by atoms with van der Waals surface area (Å²) in [6, 6.07) is -0.352. The fraction of sp³-hybridized carbons (Fsp3) is 0.750. The first-order valence-electron chi connectivity index (χ1n) is 6.37. The van der Waals surface area contributed by atoms with E-state index in [2.05, 4.69) is 5.32 Å². The number of piperazine rings is 1. The van der Waals surface area contributed by atoms with Crippen LogP contribution in [-0.2, 0) is 14.3 Å². The Kier molecular flexibility index (Phi) is 5.32. The number of nitrogens with one attached hydrogen (secondary N) is 1. The molecule has 0 bridgehead atoms. The van der Waals surface area contributed by atoms with Gasteiger partial charge in [0.2, 0.25) is 5.91 Å². The van der Waals surface area contributed by atoms with Crippen LogP contribution in [-0.4, -0.2) is 78.2 Å². The van der Waals surface area contributed by atoms with Gasteiger partial charge in [0.15, 0.2) is 0 Å². The number of carboxylic acids is 1. The van der Waals surface area contributed by atoms with E-state index < -0.39 is 18.1 Å². The quantitative estimate of drug-likeness (QED) is 0.655. The number of aliphatic carboxylic acids is 1. The third kappa shape index (κ3) is 3.83. The molecule has 1 aliphatic heterocycles. The predicted octanol–water partition coefficient (Wildman–Crippen LogP) is -0.650. The van der Waals surface area contributed by atoms with Gasteiger partial charge in [-0.3, -0.25) is 4.79 Å². The lowest BCUT2D eigenvalue weighted by molar-refractivity contribution is -0.144. The summed E-state index contributed by atoms with van der Waals surface area (Å²) in [4.78, 5) is 37.4. The molecule has 3 amide bonds. The molecule has 0 saturated carbocycles. The van der Waals surface area contributed by atoms with Crippen molar-refractivity contribution >= 4 is 17.9 Å². The highest BCUT2D eigenvalue weighted by atomic mass is 16.5. The standard InChI is InChI=1S/C12H21N3O5/c1-12(2)10(18)14(3)5-6-15(12)11(19)13-4-7-20-8-9(16)17/h4-8H2,1-3H3,(H,13,19)(H,16,17). The molecule has 1 heterocycles. The Hall–Kier alpha value is -1.83. The van der Waals surface area contributed by atoms with Crippen molar-refractivity contribution < 1.29 is 24.2 Å². The maximum absolute atomic E-state index is 12.0. The highest BCUT2D eigenvalue weighted by Crippen LogP contribution is 2.21. The highest BCUT2D eigenvalue weighted by Gasteiger charge is 2.42. The predicted molar refractivity (Wildman–Crippen MR) is 70.3 cm³/mol. The zero-order chi connectivity index (χ0) is 15.3. The Labute approximate surface area is 117 Å². The molecule has 2 N–H and O–H groups in total. The second-order valence-electron chi connectivity index (χ2n) is 5.12. The van der Waals surface area contributed by atoms with Crippen LogP contribution in [0.1, 0.15) is 13.8 Å². The maximum Gasteiger partial charge on any atom is 0.329 e. The summed E-state index contributed by atoms with van der Waals surface area (Å²) in [6.45, 7) is 4.26. The van der Waals surface area contributed by atoms with Gasteiger partial charge >= 0.3 is 12.0 Å². The second kappa shape index (κ2) is 6.56. The largest absolute Gasteiger partial charge is 0.480 e. The molecule has 8 nitrogen and oxygen atoms in total. The molecule has 1 saturated heterocycles. The van der Waals surface area contributed by atoms with Crippen molar-refractivity contribution in [3.8, 4) is 0 Å². The minimum absolute atomic E-state index is 0.110. The number of carboxylic acid groups (broad SMARTS) is 1. The molecule has 20 heavy (non-hydrogen) atoms. The third-order valence-corrected chi connectivity index (χ3v) is 3.20. The molecule has 0 unspecified atom stereocenters. The monoisotopic (exact) mass is 287 g/mol. The molecule has 0 aromatic rings.